The van der Waals surface area contributed by atoms with E-state index in [4.69, 9.17) is 5.73 Å². The van der Waals surface area contributed by atoms with E-state index in [1.165, 1.54) is 6.07 Å². The molecule has 1 atom stereocenters. The third kappa shape index (κ3) is 3.20. The summed E-state index contributed by atoms with van der Waals surface area (Å²) in [7, 11) is 0. The van der Waals surface area contributed by atoms with Crippen LogP contribution in [0.4, 0.5) is 0 Å². The third-order valence-electron chi connectivity index (χ3n) is 2.89. The molecule has 1 heterocycles. The highest BCUT2D eigenvalue weighted by molar-refractivity contribution is 5.99. The molecule has 1 unspecified atom stereocenters. The minimum Gasteiger partial charge on any atom is -0.366 e. The molecular formula is C15H15N3O2. The van der Waals surface area contributed by atoms with Gasteiger partial charge < -0.3 is 11.1 Å². The van der Waals surface area contributed by atoms with Crippen molar-refractivity contribution in [2.24, 2.45) is 5.73 Å². The van der Waals surface area contributed by atoms with Crippen molar-refractivity contribution in [2.45, 2.75) is 13.0 Å². The fourth-order valence-corrected chi connectivity index (χ4v) is 1.80. The zero-order valence-electron chi connectivity index (χ0n) is 11.0. The maximum atomic E-state index is 12.1. The number of rotatable bonds is 4. The summed E-state index contributed by atoms with van der Waals surface area (Å²) in [6.45, 7) is 1.85. The van der Waals surface area contributed by atoms with E-state index in [2.05, 4.69) is 10.3 Å². The lowest BCUT2D eigenvalue weighted by molar-refractivity contribution is 0.0939. The van der Waals surface area contributed by atoms with Crippen molar-refractivity contribution in [2.75, 3.05) is 0 Å². The van der Waals surface area contributed by atoms with E-state index in [1.54, 1.807) is 24.4 Å². The summed E-state index contributed by atoms with van der Waals surface area (Å²) in [6, 6.07) is 11.6. The molecule has 1 aromatic heterocycles. The van der Waals surface area contributed by atoms with Crippen LogP contribution in [0.15, 0.2) is 48.7 Å². The fraction of sp³-hybridized carbons (Fsp3) is 0.133. The first-order chi connectivity index (χ1) is 9.58. The molecule has 0 aliphatic rings. The van der Waals surface area contributed by atoms with Crippen LogP contribution in [0, 0.1) is 0 Å². The van der Waals surface area contributed by atoms with Crippen LogP contribution in [-0.2, 0) is 0 Å². The van der Waals surface area contributed by atoms with Crippen molar-refractivity contribution in [3.05, 3.63) is 65.5 Å². The highest BCUT2D eigenvalue weighted by Crippen LogP contribution is 2.10. The van der Waals surface area contributed by atoms with Gasteiger partial charge in [0.25, 0.3) is 5.91 Å². The quantitative estimate of drug-likeness (QED) is 0.885. The molecule has 2 amide bonds. The minimum atomic E-state index is -0.558. The van der Waals surface area contributed by atoms with E-state index in [0.717, 1.165) is 5.69 Å². The van der Waals surface area contributed by atoms with Gasteiger partial charge >= 0.3 is 0 Å². The summed E-state index contributed by atoms with van der Waals surface area (Å²) >= 11 is 0. The lowest BCUT2D eigenvalue weighted by Crippen LogP contribution is -2.27. The average molecular weight is 269 g/mol. The van der Waals surface area contributed by atoms with E-state index in [9.17, 15) is 9.59 Å². The Morgan fingerprint density at radius 1 is 1.15 bits per heavy atom. The lowest BCUT2D eigenvalue weighted by Gasteiger charge is -2.13. The van der Waals surface area contributed by atoms with Crippen molar-refractivity contribution in [3.8, 4) is 0 Å². The van der Waals surface area contributed by atoms with E-state index < -0.39 is 5.91 Å². The molecule has 5 heteroatoms. The van der Waals surface area contributed by atoms with Gasteiger partial charge in [-0.25, -0.2) is 0 Å². The monoisotopic (exact) mass is 269 g/mol. The fourth-order valence-electron chi connectivity index (χ4n) is 1.80. The summed E-state index contributed by atoms with van der Waals surface area (Å²) in [5, 5.41) is 2.83. The largest absolute Gasteiger partial charge is 0.366 e. The van der Waals surface area contributed by atoms with Crippen LogP contribution < -0.4 is 11.1 Å². The molecular weight excluding hydrogens is 254 g/mol. The van der Waals surface area contributed by atoms with Crippen molar-refractivity contribution >= 4 is 11.8 Å². The molecule has 0 aliphatic heterocycles. The van der Waals surface area contributed by atoms with Gasteiger partial charge in [-0.2, -0.15) is 0 Å². The van der Waals surface area contributed by atoms with Gasteiger partial charge in [-0.1, -0.05) is 12.1 Å². The second-order valence-electron chi connectivity index (χ2n) is 4.39. The van der Waals surface area contributed by atoms with Crippen LogP contribution in [0.2, 0.25) is 0 Å². The molecule has 0 bridgehead atoms. The summed E-state index contributed by atoms with van der Waals surface area (Å²) in [4.78, 5) is 27.4. The number of amides is 2. The zero-order valence-corrected chi connectivity index (χ0v) is 11.0. The molecule has 102 valence electrons. The maximum absolute atomic E-state index is 12.1. The Balaban J connectivity index is 2.12. The molecule has 0 saturated heterocycles. The summed E-state index contributed by atoms with van der Waals surface area (Å²) in [5.74, 6) is -0.830. The number of carbonyl (C=O) groups excluding carboxylic acids is 2. The summed E-state index contributed by atoms with van der Waals surface area (Å²) < 4.78 is 0. The van der Waals surface area contributed by atoms with Crippen molar-refractivity contribution in [1.82, 2.24) is 10.3 Å². The Hall–Kier alpha value is -2.69. The van der Waals surface area contributed by atoms with Gasteiger partial charge in [0, 0.05) is 17.3 Å². The number of nitrogens with two attached hydrogens (primary N) is 1. The molecule has 1 aromatic carbocycles. The van der Waals surface area contributed by atoms with Crippen LogP contribution >= 0.6 is 0 Å². The van der Waals surface area contributed by atoms with E-state index in [0.29, 0.717) is 11.1 Å². The molecule has 0 radical (unpaired) electrons. The number of carbonyl (C=O) groups is 2. The van der Waals surface area contributed by atoms with Crippen molar-refractivity contribution < 1.29 is 9.59 Å². The lowest BCUT2D eigenvalue weighted by atomic mass is 10.1. The van der Waals surface area contributed by atoms with E-state index in [1.807, 2.05) is 25.1 Å². The number of aromatic nitrogens is 1. The van der Waals surface area contributed by atoms with Gasteiger partial charge in [-0.05, 0) is 37.3 Å². The first-order valence-corrected chi connectivity index (χ1v) is 6.19. The Bertz CT molecular complexity index is 626. The number of pyridine rings is 1. The molecule has 2 aromatic rings. The van der Waals surface area contributed by atoms with Gasteiger partial charge in [0.1, 0.15) is 0 Å². The number of nitrogens with one attached hydrogen (secondary N) is 1. The Morgan fingerprint density at radius 2 is 1.90 bits per heavy atom. The zero-order chi connectivity index (χ0) is 14.5. The first kappa shape index (κ1) is 13.7. The Morgan fingerprint density at radius 3 is 2.55 bits per heavy atom. The van der Waals surface area contributed by atoms with Crippen molar-refractivity contribution in [1.29, 1.82) is 0 Å². The van der Waals surface area contributed by atoms with Gasteiger partial charge in [-0.15, -0.1) is 0 Å². The molecule has 0 spiro atoms. The van der Waals surface area contributed by atoms with E-state index in [-0.39, 0.29) is 11.9 Å². The van der Waals surface area contributed by atoms with Crippen molar-refractivity contribution in [3.63, 3.8) is 0 Å². The number of nitrogens with zero attached hydrogens (tertiary/aromatic N) is 1. The number of hydrogen-bond acceptors (Lipinski definition) is 3. The number of primary amides is 1. The summed E-state index contributed by atoms with van der Waals surface area (Å²) in [5.41, 5.74) is 6.67. The van der Waals surface area contributed by atoms with E-state index >= 15 is 0 Å². The molecule has 0 aliphatic carbocycles. The van der Waals surface area contributed by atoms with Gasteiger partial charge in [0.15, 0.2) is 0 Å². The first-order valence-electron chi connectivity index (χ1n) is 6.19. The smallest absolute Gasteiger partial charge is 0.251 e. The highest BCUT2D eigenvalue weighted by atomic mass is 16.2. The Kier molecular flexibility index (Phi) is 4.10. The SMILES string of the molecule is CC(NC(=O)c1cccc(C(N)=O)c1)c1ccccn1. The highest BCUT2D eigenvalue weighted by Gasteiger charge is 2.13. The van der Waals surface area contributed by atoms with Crippen LogP contribution in [0.1, 0.15) is 39.4 Å². The Labute approximate surface area is 116 Å². The molecule has 2 rings (SSSR count). The topological polar surface area (TPSA) is 85.1 Å². The van der Waals surface area contributed by atoms with Gasteiger partial charge in [-0.3, -0.25) is 14.6 Å². The maximum Gasteiger partial charge on any atom is 0.251 e. The molecule has 5 nitrogen and oxygen atoms in total. The molecule has 0 saturated carbocycles. The van der Waals surface area contributed by atoms with Gasteiger partial charge in [0.05, 0.1) is 11.7 Å². The second kappa shape index (κ2) is 5.97. The van der Waals surface area contributed by atoms with Gasteiger partial charge in [0.2, 0.25) is 5.91 Å². The minimum absolute atomic E-state index is 0.221. The number of benzene rings is 1. The predicted octanol–water partition coefficient (Wildman–Crippen LogP) is 1.67. The van der Waals surface area contributed by atoms with Crippen LogP contribution in [-0.4, -0.2) is 16.8 Å². The summed E-state index contributed by atoms with van der Waals surface area (Å²) in [6.07, 6.45) is 1.67. The van der Waals surface area contributed by atoms with Crippen LogP contribution in [0.25, 0.3) is 0 Å². The number of hydrogen-bond donors (Lipinski definition) is 2. The van der Waals surface area contributed by atoms with Crippen LogP contribution in [0.3, 0.4) is 0 Å². The molecule has 3 N–H and O–H groups in total. The standard InChI is InChI=1S/C15H15N3O2/c1-10(13-7-2-3-8-17-13)18-15(20)12-6-4-5-11(9-12)14(16)19/h2-10H,1H3,(H2,16,19)(H,18,20). The second-order valence-corrected chi connectivity index (χ2v) is 4.39. The molecule has 0 fully saturated rings. The normalized spacial score (nSPS) is 11.7. The predicted molar refractivity (Wildman–Crippen MR) is 75.1 cm³/mol. The average Bonchev–Trinajstić information content (AvgIpc) is 2.48. The third-order valence-corrected chi connectivity index (χ3v) is 2.89. The molecule has 20 heavy (non-hydrogen) atoms. The van der Waals surface area contributed by atoms with Crippen LogP contribution in [0.5, 0.6) is 0 Å².